The van der Waals surface area contributed by atoms with Crippen LogP contribution in [0.4, 0.5) is 0 Å². The van der Waals surface area contributed by atoms with Gasteiger partial charge < -0.3 is 15.0 Å². The Morgan fingerprint density at radius 3 is 2.55 bits per heavy atom. The van der Waals surface area contributed by atoms with E-state index in [1.807, 2.05) is 4.90 Å². The van der Waals surface area contributed by atoms with Gasteiger partial charge in [-0.3, -0.25) is 9.59 Å². The van der Waals surface area contributed by atoms with E-state index in [1.165, 1.54) is 32.8 Å². The first-order chi connectivity index (χ1) is 9.70. The molecular weight excluding hydrogens is 256 g/mol. The minimum atomic E-state index is -0.224. The Labute approximate surface area is 121 Å². The monoisotopic (exact) mass is 282 g/mol. The van der Waals surface area contributed by atoms with E-state index in [-0.39, 0.29) is 17.9 Å². The van der Waals surface area contributed by atoms with Crippen LogP contribution in [0.1, 0.15) is 51.4 Å². The summed E-state index contributed by atoms with van der Waals surface area (Å²) in [7, 11) is 1.40. The van der Waals surface area contributed by atoms with E-state index in [1.54, 1.807) is 0 Å². The van der Waals surface area contributed by atoms with Crippen LogP contribution in [-0.4, -0.2) is 49.1 Å². The molecule has 0 aromatic carbocycles. The third-order valence-corrected chi connectivity index (χ3v) is 4.47. The summed E-state index contributed by atoms with van der Waals surface area (Å²) in [5.74, 6) is -0.0936. The third kappa shape index (κ3) is 4.20. The van der Waals surface area contributed by atoms with Crippen LogP contribution in [0.2, 0.25) is 0 Å². The van der Waals surface area contributed by atoms with Gasteiger partial charge in [-0.05, 0) is 32.1 Å². The van der Waals surface area contributed by atoms with E-state index in [2.05, 4.69) is 5.32 Å². The number of nitrogens with one attached hydrogen (secondary N) is 1. The van der Waals surface area contributed by atoms with Crippen molar-refractivity contribution in [2.24, 2.45) is 0 Å². The van der Waals surface area contributed by atoms with Crippen LogP contribution in [-0.2, 0) is 14.3 Å². The van der Waals surface area contributed by atoms with Gasteiger partial charge in [-0.1, -0.05) is 12.8 Å². The number of hydrogen-bond acceptors (Lipinski definition) is 4. The number of amides is 1. The van der Waals surface area contributed by atoms with E-state index >= 15 is 0 Å². The van der Waals surface area contributed by atoms with Crippen molar-refractivity contribution < 1.29 is 14.3 Å². The van der Waals surface area contributed by atoms with Gasteiger partial charge in [0, 0.05) is 18.6 Å². The van der Waals surface area contributed by atoms with Crippen molar-refractivity contribution >= 4 is 11.9 Å². The third-order valence-electron chi connectivity index (χ3n) is 4.47. The molecule has 1 aliphatic heterocycles. The van der Waals surface area contributed by atoms with Crippen LogP contribution in [0.3, 0.4) is 0 Å². The first-order valence-electron chi connectivity index (χ1n) is 7.80. The van der Waals surface area contributed by atoms with Gasteiger partial charge in [-0.2, -0.15) is 0 Å². The molecule has 1 heterocycles. The minimum Gasteiger partial charge on any atom is -0.469 e. The molecule has 2 rings (SSSR count). The van der Waals surface area contributed by atoms with E-state index in [4.69, 9.17) is 4.74 Å². The van der Waals surface area contributed by atoms with Gasteiger partial charge in [-0.25, -0.2) is 0 Å². The molecule has 1 unspecified atom stereocenters. The Kier molecular flexibility index (Phi) is 5.83. The molecule has 0 bridgehead atoms. The zero-order valence-electron chi connectivity index (χ0n) is 12.4. The first-order valence-corrected chi connectivity index (χ1v) is 7.80. The molecule has 20 heavy (non-hydrogen) atoms. The number of methoxy groups -OCH3 is 1. The van der Waals surface area contributed by atoms with Crippen molar-refractivity contribution in [3.05, 3.63) is 0 Å². The molecule has 0 radical (unpaired) electrons. The molecule has 2 aliphatic rings. The molecule has 1 saturated carbocycles. The molecule has 114 valence electrons. The average Bonchev–Trinajstić information content (AvgIpc) is 2.98. The number of ether oxygens (including phenoxy) is 1. The standard InChI is InChI=1S/C15H26N2O3/c1-20-15(19)10-13-8-4-5-9-17(13)14(18)11-16-12-6-2-3-7-12/h12-13,16H,2-11H2,1H3. The predicted octanol–water partition coefficient (Wildman–Crippen LogP) is 1.46. The lowest BCUT2D eigenvalue weighted by Gasteiger charge is -2.35. The Morgan fingerprint density at radius 1 is 1.15 bits per heavy atom. The summed E-state index contributed by atoms with van der Waals surface area (Å²) in [5.41, 5.74) is 0. The summed E-state index contributed by atoms with van der Waals surface area (Å²) in [6.07, 6.45) is 8.24. The largest absolute Gasteiger partial charge is 0.469 e. The summed E-state index contributed by atoms with van der Waals surface area (Å²) in [4.78, 5) is 25.7. The Balaban J connectivity index is 1.82. The number of hydrogen-bond donors (Lipinski definition) is 1. The summed E-state index contributed by atoms with van der Waals surface area (Å²) in [5, 5.41) is 3.36. The van der Waals surface area contributed by atoms with Crippen LogP contribution in [0.15, 0.2) is 0 Å². The van der Waals surface area contributed by atoms with E-state index < -0.39 is 0 Å². The fraction of sp³-hybridized carbons (Fsp3) is 0.867. The highest BCUT2D eigenvalue weighted by molar-refractivity contribution is 5.79. The second-order valence-corrected chi connectivity index (χ2v) is 5.88. The number of piperidine rings is 1. The minimum absolute atomic E-state index is 0.0223. The molecule has 1 saturated heterocycles. The van der Waals surface area contributed by atoms with E-state index in [0.29, 0.717) is 19.0 Å². The van der Waals surface area contributed by atoms with Gasteiger partial charge in [-0.15, -0.1) is 0 Å². The SMILES string of the molecule is COC(=O)CC1CCCCN1C(=O)CNC1CCCC1. The van der Waals surface area contributed by atoms with Gasteiger partial charge in [0.15, 0.2) is 0 Å². The quantitative estimate of drug-likeness (QED) is 0.776. The number of carbonyl (C=O) groups excluding carboxylic acids is 2. The molecule has 2 fully saturated rings. The molecule has 1 N–H and O–H groups in total. The molecule has 0 aromatic rings. The van der Waals surface area contributed by atoms with Crippen LogP contribution in [0.25, 0.3) is 0 Å². The molecule has 1 atom stereocenters. The number of likely N-dealkylation sites (tertiary alicyclic amines) is 1. The number of esters is 1. The molecule has 5 nitrogen and oxygen atoms in total. The van der Waals surface area contributed by atoms with Crippen LogP contribution in [0.5, 0.6) is 0 Å². The van der Waals surface area contributed by atoms with Crippen molar-refractivity contribution in [1.82, 2.24) is 10.2 Å². The summed E-state index contributed by atoms with van der Waals surface area (Å²) >= 11 is 0. The lowest BCUT2D eigenvalue weighted by Crippen LogP contribution is -2.49. The molecule has 0 spiro atoms. The van der Waals surface area contributed by atoms with Gasteiger partial charge in [0.25, 0.3) is 0 Å². The molecule has 1 aliphatic carbocycles. The molecular formula is C15H26N2O3. The topological polar surface area (TPSA) is 58.6 Å². The second kappa shape index (κ2) is 7.62. The number of rotatable bonds is 5. The van der Waals surface area contributed by atoms with Crippen LogP contribution >= 0.6 is 0 Å². The summed E-state index contributed by atoms with van der Waals surface area (Å²) in [6.45, 7) is 1.18. The average molecular weight is 282 g/mol. The van der Waals surface area contributed by atoms with Gasteiger partial charge >= 0.3 is 5.97 Å². The lowest BCUT2D eigenvalue weighted by atomic mass is 9.99. The fourth-order valence-corrected chi connectivity index (χ4v) is 3.28. The maximum Gasteiger partial charge on any atom is 0.307 e. The highest BCUT2D eigenvalue weighted by Crippen LogP contribution is 2.21. The van der Waals surface area contributed by atoms with Crippen molar-refractivity contribution in [1.29, 1.82) is 0 Å². The fourth-order valence-electron chi connectivity index (χ4n) is 3.28. The Bertz CT molecular complexity index is 340. The maximum absolute atomic E-state index is 12.3. The normalized spacial score (nSPS) is 23.9. The van der Waals surface area contributed by atoms with Crippen molar-refractivity contribution in [3.8, 4) is 0 Å². The van der Waals surface area contributed by atoms with E-state index in [0.717, 1.165) is 25.8 Å². The summed E-state index contributed by atoms with van der Waals surface area (Å²) < 4.78 is 4.73. The van der Waals surface area contributed by atoms with Crippen LogP contribution < -0.4 is 5.32 Å². The molecule has 0 aromatic heterocycles. The smallest absolute Gasteiger partial charge is 0.307 e. The second-order valence-electron chi connectivity index (χ2n) is 5.88. The molecule has 1 amide bonds. The highest BCUT2D eigenvalue weighted by atomic mass is 16.5. The zero-order chi connectivity index (χ0) is 14.4. The Hall–Kier alpha value is -1.10. The van der Waals surface area contributed by atoms with Gasteiger partial charge in [0.05, 0.1) is 20.1 Å². The first kappa shape index (κ1) is 15.3. The van der Waals surface area contributed by atoms with Crippen molar-refractivity contribution in [2.75, 3.05) is 20.2 Å². The Morgan fingerprint density at radius 2 is 1.85 bits per heavy atom. The van der Waals surface area contributed by atoms with Crippen molar-refractivity contribution in [3.63, 3.8) is 0 Å². The van der Waals surface area contributed by atoms with Crippen LogP contribution in [0, 0.1) is 0 Å². The predicted molar refractivity (Wildman–Crippen MR) is 76.2 cm³/mol. The van der Waals surface area contributed by atoms with Crippen molar-refractivity contribution in [2.45, 2.75) is 63.5 Å². The van der Waals surface area contributed by atoms with Gasteiger partial charge in [0.1, 0.15) is 0 Å². The maximum atomic E-state index is 12.3. The van der Waals surface area contributed by atoms with Gasteiger partial charge in [0.2, 0.25) is 5.91 Å². The lowest BCUT2D eigenvalue weighted by molar-refractivity contribution is -0.144. The number of nitrogens with zero attached hydrogens (tertiary/aromatic N) is 1. The van der Waals surface area contributed by atoms with E-state index in [9.17, 15) is 9.59 Å². The zero-order valence-corrected chi connectivity index (χ0v) is 12.4. The molecule has 5 heteroatoms. The highest BCUT2D eigenvalue weighted by Gasteiger charge is 2.29. The summed E-state index contributed by atoms with van der Waals surface area (Å²) in [6, 6.07) is 0.525. The number of carbonyl (C=O) groups is 2.